The molecule has 0 saturated carbocycles. The molecule has 1 N–H and O–H groups in total. The lowest BCUT2D eigenvalue weighted by molar-refractivity contribution is -0.131. The Morgan fingerprint density at radius 2 is 1.90 bits per heavy atom. The van der Waals surface area contributed by atoms with Crippen molar-refractivity contribution < 1.29 is 19.1 Å². The Balaban J connectivity index is 2.18. The molecule has 0 aromatic heterocycles. The van der Waals surface area contributed by atoms with Crippen LogP contribution in [0.15, 0.2) is 24.3 Å². The van der Waals surface area contributed by atoms with Crippen molar-refractivity contribution in [2.75, 3.05) is 26.9 Å². The van der Waals surface area contributed by atoms with Gasteiger partial charge >= 0.3 is 6.03 Å². The van der Waals surface area contributed by atoms with E-state index < -0.39 is 11.6 Å². The van der Waals surface area contributed by atoms with Gasteiger partial charge in [-0.2, -0.15) is 0 Å². The van der Waals surface area contributed by atoms with E-state index in [0.717, 1.165) is 5.56 Å². The molecule has 1 aromatic carbocycles. The van der Waals surface area contributed by atoms with E-state index in [-0.39, 0.29) is 12.5 Å². The molecule has 1 aliphatic heterocycles. The van der Waals surface area contributed by atoms with Crippen LogP contribution in [0.5, 0.6) is 5.75 Å². The second-order valence-electron chi connectivity index (χ2n) is 4.94. The molecule has 1 aliphatic rings. The predicted octanol–water partition coefficient (Wildman–Crippen LogP) is 1.50. The molecule has 1 aromatic rings. The van der Waals surface area contributed by atoms with Crippen LogP contribution >= 0.6 is 0 Å². The average Bonchev–Trinajstić information content (AvgIpc) is 2.71. The fourth-order valence-electron chi connectivity index (χ4n) is 2.32. The Morgan fingerprint density at radius 3 is 2.48 bits per heavy atom. The molecule has 6 nitrogen and oxygen atoms in total. The molecule has 1 atom stereocenters. The third-order valence-electron chi connectivity index (χ3n) is 3.61. The Bertz CT molecular complexity index is 529. The smallest absolute Gasteiger partial charge is 0.325 e. The molecular weight excluding hydrogens is 272 g/mol. The van der Waals surface area contributed by atoms with Gasteiger partial charge in [-0.15, -0.1) is 0 Å². The van der Waals surface area contributed by atoms with Gasteiger partial charge in [0.2, 0.25) is 0 Å². The first-order valence-electron chi connectivity index (χ1n) is 6.89. The van der Waals surface area contributed by atoms with Gasteiger partial charge in [-0.05, 0) is 31.5 Å². The number of nitrogens with one attached hydrogen (secondary N) is 1. The molecule has 0 bridgehead atoms. The van der Waals surface area contributed by atoms with Crippen LogP contribution < -0.4 is 10.1 Å². The van der Waals surface area contributed by atoms with E-state index in [2.05, 4.69) is 5.32 Å². The molecule has 114 valence electrons. The third kappa shape index (κ3) is 2.85. The quantitative estimate of drug-likeness (QED) is 0.637. The second-order valence-corrected chi connectivity index (χ2v) is 4.94. The third-order valence-corrected chi connectivity index (χ3v) is 3.61. The summed E-state index contributed by atoms with van der Waals surface area (Å²) in [4.78, 5) is 25.7. The van der Waals surface area contributed by atoms with Crippen molar-refractivity contribution in [2.45, 2.75) is 19.4 Å². The van der Waals surface area contributed by atoms with E-state index in [1.165, 1.54) is 4.90 Å². The van der Waals surface area contributed by atoms with Crippen LogP contribution in [-0.2, 0) is 15.1 Å². The molecule has 0 spiro atoms. The number of benzene rings is 1. The fourth-order valence-corrected chi connectivity index (χ4v) is 2.32. The number of rotatable bonds is 6. The zero-order valence-corrected chi connectivity index (χ0v) is 12.5. The molecule has 0 radical (unpaired) electrons. The van der Waals surface area contributed by atoms with Crippen LogP contribution in [0.1, 0.15) is 19.4 Å². The van der Waals surface area contributed by atoms with Gasteiger partial charge in [-0.1, -0.05) is 12.1 Å². The van der Waals surface area contributed by atoms with Crippen LogP contribution in [0.4, 0.5) is 4.79 Å². The monoisotopic (exact) mass is 292 g/mol. The molecule has 0 aliphatic carbocycles. The minimum Gasteiger partial charge on any atom is -0.497 e. The number of methoxy groups -OCH3 is 1. The maximum Gasteiger partial charge on any atom is 0.325 e. The van der Waals surface area contributed by atoms with Crippen molar-refractivity contribution in [1.82, 2.24) is 10.2 Å². The highest BCUT2D eigenvalue weighted by Gasteiger charge is 2.48. The second kappa shape index (κ2) is 6.13. The summed E-state index contributed by atoms with van der Waals surface area (Å²) >= 11 is 0. The molecule has 3 amide bonds. The van der Waals surface area contributed by atoms with Crippen molar-refractivity contribution in [2.24, 2.45) is 0 Å². The van der Waals surface area contributed by atoms with E-state index >= 15 is 0 Å². The number of hydrogen-bond acceptors (Lipinski definition) is 4. The first-order valence-corrected chi connectivity index (χ1v) is 6.89. The maximum atomic E-state index is 12.5. The number of nitrogens with zero attached hydrogens (tertiary/aromatic N) is 1. The zero-order chi connectivity index (χ0) is 15.5. The van der Waals surface area contributed by atoms with E-state index in [4.69, 9.17) is 9.47 Å². The summed E-state index contributed by atoms with van der Waals surface area (Å²) in [5, 5.41) is 2.75. The number of amides is 3. The van der Waals surface area contributed by atoms with Gasteiger partial charge < -0.3 is 14.8 Å². The van der Waals surface area contributed by atoms with Crippen molar-refractivity contribution in [3.8, 4) is 5.75 Å². The number of imide groups is 1. The number of ether oxygens (including phenoxy) is 2. The van der Waals surface area contributed by atoms with Gasteiger partial charge in [0.25, 0.3) is 5.91 Å². The molecule has 0 unspecified atom stereocenters. The Morgan fingerprint density at radius 1 is 1.24 bits per heavy atom. The largest absolute Gasteiger partial charge is 0.497 e. The normalized spacial score (nSPS) is 21.6. The van der Waals surface area contributed by atoms with Gasteiger partial charge in [0.1, 0.15) is 11.3 Å². The number of urea groups is 1. The molecule has 1 fully saturated rings. The van der Waals surface area contributed by atoms with Crippen molar-refractivity contribution in [3.05, 3.63) is 29.8 Å². The van der Waals surface area contributed by atoms with Gasteiger partial charge in [-0.3, -0.25) is 9.69 Å². The lowest BCUT2D eigenvalue weighted by Gasteiger charge is -2.22. The standard InChI is InChI=1S/C15H20N2O4/c1-4-21-10-9-17-13(18)15(2,16-14(17)19)11-5-7-12(20-3)8-6-11/h5-8H,4,9-10H2,1-3H3,(H,16,19)/t15-/m0/s1. The number of hydrogen-bond donors (Lipinski definition) is 1. The number of carbonyl (C=O) groups excluding carboxylic acids is 2. The van der Waals surface area contributed by atoms with Gasteiger partial charge in [0.15, 0.2) is 0 Å². The van der Waals surface area contributed by atoms with Crippen LogP contribution in [0, 0.1) is 0 Å². The summed E-state index contributed by atoms with van der Waals surface area (Å²) in [7, 11) is 1.58. The van der Waals surface area contributed by atoms with Crippen LogP contribution in [0.25, 0.3) is 0 Å². The van der Waals surface area contributed by atoms with Crippen LogP contribution in [0.2, 0.25) is 0 Å². The molecule has 1 saturated heterocycles. The van der Waals surface area contributed by atoms with Gasteiger partial charge in [-0.25, -0.2) is 4.79 Å². The van der Waals surface area contributed by atoms with Gasteiger partial charge in [0, 0.05) is 6.61 Å². The highest BCUT2D eigenvalue weighted by atomic mass is 16.5. The summed E-state index contributed by atoms with van der Waals surface area (Å²) in [6, 6.07) is 6.70. The first kappa shape index (κ1) is 15.3. The minimum absolute atomic E-state index is 0.254. The van der Waals surface area contributed by atoms with Crippen molar-refractivity contribution in [3.63, 3.8) is 0 Å². The fraction of sp³-hybridized carbons (Fsp3) is 0.467. The summed E-state index contributed by atoms with van der Waals surface area (Å²) in [5.74, 6) is 0.435. The Kier molecular flexibility index (Phi) is 4.47. The maximum absolute atomic E-state index is 12.5. The van der Waals surface area contributed by atoms with E-state index in [9.17, 15) is 9.59 Å². The first-order chi connectivity index (χ1) is 10.0. The molecule has 1 heterocycles. The summed E-state index contributed by atoms with van der Waals surface area (Å²) < 4.78 is 10.3. The Labute approximate surface area is 124 Å². The Hall–Kier alpha value is -2.08. The highest BCUT2D eigenvalue weighted by Crippen LogP contribution is 2.29. The van der Waals surface area contributed by atoms with Crippen LogP contribution in [-0.4, -0.2) is 43.7 Å². The SMILES string of the molecule is CCOCCN1C(=O)N[C@@](C)(c2ccc(OC)cc2)C1=O. The van der Waals surface area contributed by atoms with Crippen molar-refractivity contribution >= 4 is 11.9 Å². The lowest BCUT2D eigenvalue weighted by atomic mass is 9.92. The van der Waals surface area contributed by atoms with E-state index in [0.29, 0.717) is 19.0 Å². The summed E-state index contributed by atoms with van der Waals surface area (Å²) in [6.07, 6.45) is 0. The molecule has 6 heteroatoms. The zero-order valence-electron chi connectivity index (χ0n) is 12.5. The molecule has 2 rings (SSSR count). The van der Waals surface area contributed by atoms with Gasteiger partial charge in [0.05, 0.1) is 20.3 Å². The predicted molar refractivity (Wildman–Crippen MR) is 77.1 cm³/mol. The van der Waals surface area contributed by atoms with Crippen LogP contribution in [0.3, 0.4) is 0 Å². The number of carbonyl (C=O) groups is 2. The molecule has 21 heavy (non-hydrogen) atoms. The summed E-state index contributed by atoms with van der Waals surface area (Å²) in [6.45, 7) is 4.72. The lowest BCUT2D eigenvalue weighted by Crippen LogP contribution is -2.41. The van der Waals surface area contributed by atoms with E-state index in [1.807, 2.05) is 6.92 Å². The minimum atomic E-state index is -1.05. The topological polar surface area (TPSA) is 67.9 Å². The molecular formula is C15H20N2O4. The average molecular weight is 292 g/mol. The van der Waals surface area contributed by atoms with E-state index in [1.54, 1.807) is 38.3 Å². The highest BCUT2D eigenvalue weighted by molar-refractivity contribution is 6.07. The summed E-state index contributed by atoms with van der Waals surface area (Å²) in [5.41, 5.74) is -0.323. The van der Waals surface area contributed by atoms with Crippen molar-refractivity contribution in [1.29, 1.82) is 0 Å².